The smallest absolute Gasteiger partial charge is 0.263 e. The van der Waals surface area contributed by atoms with Gasteiger partial charge in [0.25, 0.3) is 5.56 Å². The molecule has 29 heavy (non-hydrogen) atoms. The lowest BCUT2D eigenvalue weighted by molar-refractivity contribution is 0.183. The molecular formula is C20H26N4O3S2. The second-order valence-electron chi connectivity index (χ2n) is 7.29. The summed E-state index contributed by atoms with van der Waals surface area (Å²) in [5.74, 6) is 1.29. The third-order valence-corrected chi connectivity index (χ3v) is 7.41. The molecule has 0 N–H and O–H groups in total. The summed E-state index contributed by atoms with van der Waals surface area (Å²) in [4.78, 5) is 25.0. The molecular weight excluding hydrogens is 408 g/mol. The number of rotatable bonds is 8. The first-order chi connectivity index (χ1) is 14.1. The highest BCUT2D eigenvalue weighted by Gasteiger charge is 2.24. The van der Waals surface area contributed by atoms with Crippen molar-refractivity contribution < 1.29 is 9.26 Å². The van der Waals surface area contributed by atoms with Crippen LogP contribution in [-0.4, -0.2) is 33.4 Å². The zero-order valence-corrected chi connectivity index (χ0v) is 18.7. The SMILES string of the molecule is CCCc1noc([C@@H](C)Sc2nc3sc4c(c3c(=O)n2CCOC)CCCC4)n1. The molecule has 0 radical (unpaired) electrons. The Morgan fingerprint density at radius 2 is 2.14 bits per heavy atom. The average molecular weight is 435 g/mol. The van der Waals surface area contributed by atoms with Gasteiger partial charge in [0.2, 0.25) is 5.89 Å². The molecule has 1 aliphatic rings. The Balaban J connectivity index is 1.72. The molecule has 1 atom stereocenters. The van der Waals surface area contributed by atoms with Gasteiger partial charge in [0.1, 0.15) is 4.83 Å². The first-order valence-electron chi connectivity index (χ1n) is 10.2. The van der Waals surface area contributed by atoms with Crippen LogP contribution in [0.2, 0.25) is 0 Å². The van der Waals surface area contributed by atoms with Gasteiger partial charge in [0.15, 0.2) is 11.0 Å². The van der Waals surface area contributed by atoms with Crippen molar-refractivity contribution in [3.63, 3.8) is 0 Å². The molecule has 0 amide bonds. The number of methoxy groups -OCH3 is 1. The van der Waals surface area contributed by atoms with E-state index in [1.165, 1.54) is 28.6 Å². The van der Waals surface area contributed by atoms with Crippen LogP contribution in [0.15, 0.2) is 14.5 Å². The Hall–Kier alpha value is -1.71. The van der Waals surface area contributed by atoms with E-state index in [2.05, 4.69) is 17.1 Å². The molecule has 3 aromatic rings. The molecule has 4 rings (SSSR count). The van der Waals surface area contributed by atoms with Crippen LogP contribution in [0.25, 0.3) is 10.2 Å². The molecule has 0 saturated heterocycles. The molecule has 9 heteroatoms. The molecule has 0 aliphatic heterocycles. The zero-order chi connectivity index (χ0) is 20.4. The van der Waals surface area contributed by atoms with E-state index < -0.39 is 0 Å². The zero-order valence-electron chi connectivity index (χ0n) is 17.1. The number of hydrogen-bond acceptors (Lipinski definition) is 8. The molecule has 0 saturated carbocycles. The van der Waals surface area contributed by atoms with Crippen molar-refractivity contribution in [2.75, 3.05) is 13.7 Å². The fourth-order valence-electron chi connectivity index (χ4n) is 3.66. The minimum atomic E-state index is -0.0964. The van der Waals surface area contributed by atoms with Crippen LogP contribution in [0.4, 0.5) is 0 Å². The Morgan fingerprint density at radius 3 is 2.93 bits per heavy atom. The number of thiophene rings is 1. The quantitative estimate of drug-likeness (QED) is 0.389. The van der Waals surface area contributed by atoms with Gasteiger partial charge in [0.05, 0.1) is 23.8 Å². The Kier molecular flexibility index (Phi) is 6.36. The maximum atomic E-state index is 13.4. The van der Waals surface area contributed by atoms with Gasteiger partial charge < -0.3 is 9.26 Å². The van der Waals surface area contributed by atoms with Gasteiger partial charge in [-0.25, -0.2) is 4.98 Å². The summed E-state index contributed by atoms with van der Waals surface area (Å²) in [6.45, 7) is 5.03. The highest BCUT2D eigenvalue weighted by molar-refractivity contribution is 7.99. The van der Waals surface area contributed by atoms with Crippen molar-refractivity contribution in [2.45, 2.75) is 69.3 Å². The van der Waals surface area contributed by atoms with Gasteiger partial charge in [0, 0.05) is 18.4 Å². The third-order valence-electron chi connectivity index (χ3n) is 5.15. The summed E-state index contributed by atoms with van der Waals surface area (Å²) in [6, 6.07) is 0. The van der Waals surface area contributed by atoms with E-state index >= 15 is 0 Å². The minimum absolute atomic E-state index is 0.0401. The first kappa shape index (κ1) is 20.6. The lowest BCUT2D eigenvalue weighted by atomic mass is 9.97. The lowest BCUT2D eigenvalue weighted by Crippen LogP contribution is -2.25. The van der Waals surface area contributed by atoms with Crippen LogP contribution in [-0.2, 0) is 30.5 Å². The largest absolute Gasteiger partial charge is 0.383 e. The van der Waals surface area contributed by atoms with Crippen molar-refractivity contribution in [1.29, 1.82) is 0 Å². The number of aromatic nitrogens is 4. The molecule has 1 aliphatic carbocycles. The van der Waals surface area contributed by atoms with Crippen LogP contribution in [0.3, 0.4) is 0 Å². The van der Waals surface area contributed by atoms with Crippen molar-refractivity contribution in [3.8, 4) is 0 Å². The predicted molar refractivity (Wildman–Crippen MR) is 115 cm³/mol. The van der Waals surface area contributed by atoms with E-state index in [4.69, 9.17) is 14.2 Å². The third kappa shape index (κ3) is 4.13. The number of thioether (sulfide) groups is 1. The second-order valence-corrected chi connectivity index (χ2v) is 9.69. The van der Waals surface area contributed by atoms with Crippen molar-refractivity contribution in [3.05, 3.63) is 32.5 Å². The first-order valence-corrected chi connectivity index (χ1v) is 11.8. The lowest BCUT2D eigenvalue weighted by Gasteiger charge is -2.14. The minimum Gasteiger partial charge on any atom is -0.383 e. The predicted octanol–water partition coefficient (Wildman–Crippen LogP) is 4.17. The van der Waals surface area contributed by atoms with Gasteiger partial charge in [-0.15, -0.1) is 11.3 Å². The summed E-state index contributed by atoms with van der Waals surface area (Å²) in [7, 11) is 1.65. The second kappa shape index (κ2) is 8.97. The standard InChI is InChI=1S/C20H26N4O3S2/c1-4-7-15-21-17(27-23-15)12(2)28-20-22-18-16(19(25)24(20)10-11-26-3)13-8-5-6-9-14(13)29-18/h12H,4-11H2,1-3H3/t12-/m1/s1. The Bertz CT molecular complexity index is 1060. The van der Waals surface area contributed by atoms with Gasteiger partial charge >= 0.3 is 0 Å². The van der Waals surface area contributed by atoms with E-state index in [1.807, 2.05) is 6.92 Å². The van der Waals surface area contributed by atoms with Crippen LogP contribution in [0.5, 0.6) is 0 Å². The summed E-state index contributed by atoms with van der Waals surface area (Å²) in [5, 5.41) is 5.44. The van der Waals surface area contributed by atoms with Crippen molar-refractivity contribution in [2.24, 2.45) is 0 Å². The fraction of sp³-hybridized carbons (Fsp3) is 0.600. The molecule has 156 valence electrons. The molecule has 0 bridgehead atoms. The van der Waals surface area contributed by atoms with Crippen molar-refractivity contribution in [1.82, 2.24) is 19.7 Å². The molecule has 7 nitrogen and oxygen atoms in total. The molecule has 3 heterocycles. The van der Waals surface area contributed by atoms with E-state index in [0.29, 0.717) is 24.2 Å². The number of fused-ring (bicyclic) bond motifs is 3. The molecule has 3 aromatic heterocycles. The summed E-state index contributed by atoms with van der Waals surface area (Å²) >= 11 is 3.16. The fourth-order valence-corrected chi connectivity index (χ4v) is 5.92. The van der Waals surface area contributed by atoms with E-state index in [-0.39, 0.29) is 10.8 Å². The van der Waals surface area contributed by atoms with E-state index in [0.717, 1.165) is 48.1 Å². The maximum Gasteiger partial charge on any atom is 0.263 e. The maximum absolute atomic E-state index is 13.4. The monoisotopic (exact) mass is 434 g/mol. The van der Waals surface area contributed by atoms with Crippen molar-refractivity contribution >= 4 is 33.3 Å². The van der Waals surface area contributed by atoms with Crippen LogP contribution < -0.4 is 5.56 Å². The van der Waals surface area contributed by atoms with Gasteiger partial charge in [-0.1, -0.05) is 23.8 Å². The van der Waals surface area contributed by atoms with Gasteiger partial charge in [-0.2, -0.15) is 4.98 Å². The van der Waals surface area contributed by atoms with Gasteiger partial charge in [-0.05, 0) is 44.6 Å². The topological polar surface area (TPSA) is 83.0 Å². The average Bonchev–Trinajstić information content (AvgIpc) is 3.32. The van der Waals surface area contributed by atoms with Crippen LogP contribution in [0.1, 0.15) is 60.5 Å². The number of aryl methyl sites for hydroxylation is 3. The molecule has 0 spiro atoms. The molecule has 0 unspecified atom stereocenters. The van der Waals surface area contributed by atoms with Gasteiger partial charge in [-0.3, -0.25) is 9.36 Å². The normalized spacial score (nSPS) is 15.0. The molecule has 0 aromatic carbocycles. The number of hydrogen-bond donors (Lipinski definition) is 0. The summed E-state index contributed by atoms with van der Waals surface area (Å²) in [5.41, 5.74) is 1.25. The van der Waals surface area contributed by atoms with Crippen LogP contribution in [0, 0.1) is 0 Å². The highest BCUT2D eigenvalue weighted by atomic mass is 32.2. The Labute approximate surface area is 177 Å². The number of ether oxygens (including phenoxy) is 1. The van der Waals surface area contributed by atoms with E-state index in [9.17, 15) is 4.79 Å². The van der Waals surface area contributed by atoms with Crippen LogP contribution >= 0.6 is 23.1 Å². The van der Waals surface area contributed by atoms with E-state index in [1.54, 1.807) is 23.0 Å². The summed E-state index contributed by atoms with van der Waals surface area (Å²) < 4.78 is 12.4. The summed E-state index contributed by atoms with van der Waals surface area (Å²) in [6.07, 6.45) is 6.12. The molecule has 0 fully saturated rings. The Morgan fingerprint density at radius 1 is 1.31 bits per heavy atom. The number of nitrogens with zero attached hydrogens (tertiary/aromatic N) is 4. The highest BCUT2D eigenvalue weighted by Crippen LogP contribution is 2.37.